The molecule has 2 aromatic carbocycles. The van der Waals surface area contributed by atoms with Gasteiger partial charge in [0.25, 0.3) is 0 Å². The maximum Gasteiger partial charge on any atom is 0.0541 e. The van der Waals surface area contributed by atoms with Crippen molar-refractivity contribution >= 4 is 17.1 Å². The molecule has 0 atom stereocenters. The van der Waals surface area contributed by atoms with Gasteiger partial charge in [0.05, 0.1) is 11.4 Å². The average molecular weight is 269 g/mol. The van der Waals surface area contributed by atoms with Crippen LogP contribution in [-0.4, -0.2) is 14.1 Å². The van der Waals surface area contributed by atoms with E-state index in [9.17, 15) is 0 Å². The number of nitrogens with zero attached hydrogens (tertiary/aromatic N) is 1. The maximum absolute atomic E-state index is 3.21. The lowest BCUT2D eigenvalue weighted by atomic mass is 10.0. The molecule has 0 aliphatic carbocycles. The number of nitrogens with one attached hydrogen (secondary N) is 2. The van der Waals surface area contributed by atoms with Crippen LogP contribution in [0.2, 0.25) is 0 Å². The molecule has 0 amide bonds. The van der Waals surface area contributed by atoms with Gasteiger partial charge >= 0.3 is 0 Å². The first-order chi connectivity index (χ1) is 9.56. The smallest absolute Gasteiger partial charge is 0.0541 e. The van der Waals surface area contributed by atoms with Crippen molar-refractivity contribution in [3.8, 4) is 0 Å². The highest BCUT2D eigenvalue weighted by Gasteiger charge is 1.99. The van der Waals surface area contributed by atoms with Gasteiger partial charge < -0.3 is 15.8 Å². The minimum atomic E-state index is 0.565. The van der Waals surface area contributed by atoms with E-state index in [1.807, 2.05) is 14.1 Å². The van der Waals surface area contributed by atoms with Gasteiger partial charge in [0.1, 0.15) is 0 Å². The molecule has 20 heavy (non-hydrogen) atoms. The van der Waals surface area contributed by atoms with E-state index in [4.69, 9.17) is 0 Å². The standard InChI is InChI=1S/C17H23N3/c1-13(2)14-5-7-15(8-6-14)18-19-16-9-11-17(12-10-16)20(3)4/h5-13,18-19H,1-4H3. The quantitative estimate of drug-likeness (QED) is 0.792. The van der Waals surface area contributed by atoms with E-state index in [0.717, 1.165) is 11.4 Å². The first-order valence-electron chi connectivity index (χ1n) is 6.95. The van der Waals surface area contributed by atoms with Crippen molar-refractivity contribution in [2.24, 2.45) is 0 Å². The Hall–Kier alpha value is -2.16. The number of benzene rings is 2. The summed E-state index contributed by atoms with van der Waals surface area (Å²) in [6.45, 7) is 4.40. The van der Waals surface area contributed by atoms with E-state index in [2.05, 4.69) is 78.1 Å². The van der Waals surface area contributed by atoms with E-state index in [0.29, 0.717) is 5.92 Å². The van der Waals surface area contributed by atoms with Crippen LogP contribution in [0.4, 0.5) is 17.1 Å². The molecular formula is C17H23N3. The van der Waals surface area contributed by atoms with Gasteiger partial charge in [-0.25, -0.2) is 0 Å². The zero-order valence-corrected chi connectivity index (χ0v) is 12.6. The van der Waals surface area contributed by atoms with Crippen molar-refractivity contribution in [1.29, 1.82) is 0 Å². The van der Waals surface area contributed by atoms with Gasteiger partial charge in [-0.15, -0.1) is 0 Å². The molecule has 0 bridgehead atoms. The molecule has 0 aliphatic rings. The van der Waals surface area contributed by atoms with Crippen LogP contribution in [0.3, 0.4) is 0 Å². The lowest BCUT2D eigenvalue weighted by Gasteiger charge is -2.14. The fourth-order valence-electron chi connectivity index (χ4n) is 1.94. The van der Waals surface area contributed by atoms with Crippen molar-refractivity contribution in [2.75, 3.05) is 29.8 Å². The highest BCUT2D eigenvalue weighted by atomic mass is 15.4. The summed E-state index contributed by atoms with van der Waals surface area (Å²) >= 11 is 0. The Balaban J connectivity index is 1.94. The van der Waals surface area contributed by atoms with Crippen LogP contribution in [0.15, 0.2) is 48.5 Å². The third-order valence-corrected chi connectivity index (χ3v) is 3.31. The predicted octanol–water partition coefficient (Wildman–Crippen LogP) is 4.32. The number of hydrogen-bond acceptors (Lipinski definition) is 3. The van der Waals surface area contributed by atoms with Gasteiger partial charge in [-0.3, -0.25) is 0 Å². The summed E-state index contributed by atoms with van der Waals surface area (Å²) in [4.78, 5) is 2.09. The second kappa shape index (κ2) is 6.33. The van der Waals surface area contributed by atoms with Crippen LogP contribution in [-0.2, 0) is 0 Å². The minimum Gasteiger partial charge on any atom is -0.378 e. The molecule has 3 heteroatoms. The fourth-order valence-corrected chi connectivity index (χ4v) is 1.94. The van der Waals surface area contributed by atoms with Gasteiger partial charge in [0, 0.05) is 19.8 Å². The van der Waals surface area contributed by atoms with Crippen LogP contribution >= 0.6 is 0 Å². The van der Waals surface area contributed by atoms with E-state index in [-0.39, 0.29) is 0 Å². The molecule has 2 rings (SSSR count). The van der Waals surface area contributed by atoms with Crippen molar-refractivity contribution in [3.63, 3.8) is 0 Å². The third kappa shape index (κ3) is 3.67. The third-order valence-electron chi connectivity index (χ3n) is 3.31. The molecule has 0 radical (unpaired) electrons. The van der Waals surface area contributed by atoms with Gasteiger partial charge in [-0.2, -0.15) is 0 Å². The summed E-state index contributed by atoms with van der Waals surface area (Å²) in [7, 11) is 4.08. The predicted molar refractivity (Wildman–Crippen MR) is 88.5 cm³/mol. The van der Waals surface area contributed by atoms with Gasteiger partial charge in [-0.05, 0) is 47.9 Å². The molecule has 0 heterocycles. The average Bonchev–Trinajstić information content (AvgIpc) is 2.46. The molecule has 0 aromatic heterocycles. The molecule has 0 saturated carbocycles. The summed E-state index contributed by atoms with van der Waals surface area (Å²) in [6, 6.07) is 16.8. The molecule has 0 fully saturated rings. The summed E-state index contributed by atoms with van der Waals surface area (Å²) in [5, 5.41) is 0. The van der Waals surface area contributed by atoms with Gasteiger partial charge in [-0.1, -0.05) is 26.0 Å². The van der Waals surface area contributed by atoms with E-state index < -0.39 is 0 Å². The van der Waals surface area contributed by atoms with Crippen LogP contribution in [0.5, 0.6) is 0 Å². The van der Waals surface area contributed by atoms with Crippen molar-refractivity contribution in [2.45, 2.75) is 19.8 Å². The largest absolute Gasteiger partial charge is 0.378 e. The zero-order chi connectivity index (χ0) is 14.5. The van der Waals surface area contributed by atoms with Crippen molar-refractivity contribution < 1.29 is 0 Å². The number of rotatable bonds is 5. The lowest BCUT2D eigenvalue weighted by Crippen LogP contribution is -2.10. The molecule has 2 aromatic rings. The topological polar surface area (TPSA) is 27.3 Å². The minimum absolute atomic E-state index is 0.565. The molecule has 106 valence electrons. The van der Waals surface area contributed by atoms with E-state index in [1.54, 1.807) is 0 Å². The van der Waals surface area contributed by atoms with E-state index in [1.165, 1.54) is 11.3 Å². The lowest BCUT2D eigenvalue weighted by molar-refractivity contribution is 0.867. The second-order valence-corrected chi connectivity index (χ2v) is 5.47. The molecule has 0 aliphatic heterocycles. The number of hydrazine groups is 1. The Bertz CT molecular complexity index is 476. The summed E-state index contributed by atoms with van der Waals surface area (Å²) < 4.78 is 0. The highest BCUT2D eigenvalue weighted by Crippen LogP contribution is 2.18. The van der Waals surface area contributed by atoms with Crippen molar-refractivity contribution in [1.82, 2.24) is 0 Å². The second-order valence-electron chi connectivity index (χ2n) is 5.47. The maximum atomic E-state index is 3.21. The van der Waals surface area contributed by atoms with Gasteiger partial charge in [0.15, 0.2) is 0 Å². The van der Waals surface area contributed by atoms with Crippen LogP contribution < -0.4 is 15.8 Å². The summed E-state index contributed by atoms with van der Waals surface area (Å²) in [5.41, 5.74) is 11.1. The highest BCUT2D eigenvalue weighted by molar-refractivity contribution is 5.57. The van der Waals surface area contributed by atoms with E-state index >= 15 is 0 Å². The Morgan fingerprint density at radius 3 is 1.60 bits per heavy atom. The van der Waals surface area contributed by atoms with Gasteiger partial charge in [0.2, 0.25) is 0 Å². The fraction of sp³-hybridized carbons (Fsp3) is 0.294. The Morgan fingerprint density at radius 1 is 0.750 bits per heavy atom. The normalized spacial score (nSPS) is 10.4. The molecule has 0 saturated heterocycles. The molecule has 0 spiro atoms. The zero-order valence-electron chi connectivity index (χ0n) is 12.6. The number of hydrogen-bond donors (Lipinski definition) is 2. The van der Waals surface area contributed by atoms with Crippen LogP contribution in [0.1, 0.15) is 25.3 Å². The van der Waals surface area contributed by atoms with Crippen LogP contribution in [0.25, 0.3) is 0 Å². The summed E-state index contributed by atoms with van der Waals surface area (Å²) in [6.07, 6.45) is 0. The van der Waals surface area contributed by atoms with Crippen LogP contribution in [0, 0.1) is 0 Å². The first kappa shape index (κ1) is 14.3. The van der Waals surface area contributed by atoms with Crippen molar-refractivity contribution in [3.05, 3.63) is 54.1 Å². The molecule has 3 nitrogen and oxygen atoms in total. The first-order valence-corrected chi connectivity index (χ1v) is 6.95. The Morgan fingerprint density at radius 2 is 1.20 bits per heavy atom. The monoisotopic (exact) mass is 269 g/mol. The molecule has 2 N–H and O–H groups in total. The Kier molecular flexibility index (Phi) is 4.51. The number of anilines is 3. The summed E-state index contributed by atoms with van der Waals surface area (Å²) in [5.74, 6) is 0.565. The SMILES string of the molecule is CC(C)c1ccc(NNc2ccc(N(C)C)cc2)cc1. The molecule has 0 unspecified atom stereocenters. The molecular weight excluding hydrogens is 246 g/mol. The Labute approximate surface area is 121 Å².